The molecule has 2 rings (SSSR count). The molecule has 0 aliphatic rings. The summed E-state index contributed by atoms with van der Waals surface area (Å²) in [6, 6.07) is 5.59. The summed E-state index contributed by atoms with van der Waals surface area (Å²) in [5.74, 6) is 1.41. The number of halogens is 2. The molecule has 3 N–H and O–H groups in total. The number of hydrogen-bond acceptors (Lipinski definition) is 3. The van der Waals surface area contributed by atoms with E-state index in [0.717, 1.165) is 15.9 Å². The molecule has 4 nitrogen and oxygen atoms in total. The molecule has 6 heteroatoms. The van der Waals surface area contributed by atoms with Gasteiger partial charge in [0.25, 0.3) is 0 Å². The molecule has 90 valence electrons. The first-order chi connectivity index (χ1) is 8.04. The first kappa shape index (κ1) is 12.5. The van der Waals surface area contributed by atoms with Crippen LogP contribution in [0.4, 0.5) is 0 Å². The van der Waals surface area contributed by atoms with Gasteiger partial charge < -0.3 is 5.73 Å². The van der Waals surface area contributed by atoms with Gasteiger partial charge in [-0.15, -0.1) is 0 Å². The number of nitrogens with one attached hydrogen (secondary N) is 1. The lowest BCUT2D eigenvalue weighted by Crippen LogP contribution is -2.06. The maximum atomic E-state index is 5.98. The van der Waals surface area contributed by atoms with Gasteiger partial charge in [-0.1, -0.05) is 27.5 Å². The van der Waals surface area contributed by atoms with Crippen LogP contribution in [0.2, 0.25) is 5.02 Å². The van der Waals surface area contributed by atoms with Crippen molar-refractivity contribution in [3.05, 3.63) is 44.9 Å². The minimum absolute atomic E-state index is 0.161. The summed E-state index contributed by atoms with van der Waals surface area (Å²) in [5, 5.41) is 7.62. The van der Waals surface area contributed by atoms with Gasteiger partial charge in [0.1, 0.15) is 5.82 Å². The van der Waals surface area contributed by atoms with Gasteiger partial charge in [-0.2, -0.15) is 5.10 Å². The second kappa shape index (κ2) is 5.16. The molecule has 1 aromatic carbocycles. The fraction of sp³-hybridized carbons (Fsp3) is 0.273. The van der Waals surface area contributed by atoms with Crippen LogP contribution in [0, 0.1) is 0 Å². The van der Waals surface area contributed by atoms with E-state index < -0.39 is 0 Å². The molecule has 0 fully saturated rings. The fourth-order valence-electron chi connectivity index (χ4n) is 1.50. The second-order valence-corrected chi connectivity index (χ2v) is 5.24. The van der Waals surface area contributed by atoms with Crippen LogP contribution < -0.4 is 5.73 Å². The Morgan fingerprint density at radius 2 is 2.24 bits per heavy atom. The Morgan fingerprint density at radius 1 is 1.47 bits per heavy atom. The molecule has 0 radical (unpaired) electrons. The van der Waals surface area contributed by atoms with E-state index in [2.05, 4.69) is 31.1 Å². The van der Waals surface area contributed by atoms with Crippen LogP contribution in [0.15, 0.2) is 22.7 Å². The number of H-pyrrole nitrogens is 1. The molecule has 0 saturated carbocycles. The molecule has 1 aromatic heterocycles. The van der Waals surface area contributed by atoms with E-state index in [0.29, 0.717) is 17.3 Å². The van der Waals surface area contributed by atoms with Gasteiger partial charge in [-0.05, 0) is 30.7 Å². The monoisotopic (exact) mass is 314 g/mol. The Hall–Kier alpha value is -0.910. The zero-order chi connectivity index (χ0) is 12.4. The first-order valence-electron chi connectivity index (χ1n) is 5.16. The summed E-state index contributed by atoms with van der Waals surface area (Å²) in [7, 11) is 0. The van der Waals surface area contributed by atoms with Gasteiger partial charge in [-0.3, -0.25) is 5.10 Å². The molecule has 2 aromatic rings. The SMILES string of the molecule is CC(N)c1n[nH]c(Cc2cc(Cl)cc(Br)c2)n1. The van der Waals surface area contributed by atoms with Crippen molar-refractivity contribution in [1.82, 2.24) is 15.2 Å². The lowest BCUT2D eigenvalue weighted by atomic mass is 10.1. The van der Waals surface area contributed by atoms with Crippen LogP contribution >= 0.6 is 27.5 Å². The van der Waals surface area contributed by atoms with Crippen molar-refractivity contribution >= 4 is 27.5 Å². The zero-order valence-electron chi connectivity index (χ0n) is 9.24. The largest absolute Gasteiger partial charge is 0.321 e. The average Bonchev–Trinajstić information content (AvgIpc) is 2.64. The lowest BCUT2D eigenvalue weighted by Gasteiger charge is -2.00. The van der Waals surface area contributed by atoms with E-state index in [4.69, 9.17) is 17.3 Å². The van der Waals surface area contributed by atoms with Gasteiger partial charge in [0.2, 0.25) is 0 Å². The second-order valence-electron chi connectivity index (χ2n) is 3.88. The maximum absolute atomic E-state index is 5.98. The Morgan fingerprint density at radius 3 is 2.82 bits per heavy atom. The maximum Gasteiger partial charge on any atom is 0.167 e. The van der Waals surface area contributed by atoms with Gasteiger partial charge in [0.05, 0.1) is 6.04 Å². The highest BCUT2D eigenvalue weighted by molar-refractivity contribution is 9.10. The molecular weight excluding hydrogens is 304 g/mol. The summed E-state index contributed by atoms with van der Waals surface area (Å²) >= 11 is 9.38. The van der Waals surface area contributed by atoms with Gasteiger partial charge in [0.15, 0.2) is 5.82 Å². The molecule has 0 aliphatic heterocycles. The van der Waals surface area contributed by atoms with Crippen molar-refractivity contribution in [3.63, 3.8) is 0 Å². The Bertz CT molecular complexity index is 504. The third kappa shape index (κ3) is 3.28. The molecule has 0 amide bonds. The Kier molecular flexibility index (Phi) is 3.81. The van der Waals surface area contributed by atoms with E-state index in [1.165, 1.54) is 0 Å². The summed E-state index contributed by atoms with van der Waals surface area (Å²) < 4.78 is 0.951. The average molecular weight is 316 g/mol. The fourth-order valence-corrected chi connectivity index (χ4v) is 2.43. The highest BCUT2D eigenvalue weighted by Gasteiger charge is 2.08. The third-order valence-electron chi connectivity index (χ3n) is 2.25. The van der Waals surface area contributed by atoms with Crippen LogP contribution in [0.25, 0.3) is 0 Å². The Labute approximate surface area is 113 Å². The minimum Gasteiger partial charge on any atom is -0.321 e. The molecule has 0 saturated heterocycles. The summed E-state index contributed by atoms with van der Waals surface area (Å²) in [5.41, 5.74) is 6.76. The van der Waals surface area contributed by atoms with Gasteiger partial charge in [0, 0.05) is 15.9 Å². The van der Waals surface area contributed by atoms with Crippen LogP contribution in [0.1, 0.15) is 30.2 Å². The van der Waals surface area contributed by atoms with Crippen molar-refractivity contribution in [1.29, 1.82) is 0 Å². The van der Waals surface area contributed by atoms with E-state index in [-0.39, 0.29) is 6.04 Å². The van der Waals surface area contributed by atoms with E-state index >= 15 is 0 Å². The first-order valence-corrected chi connectivity index (χ1v) is 6.33. The van der Waals surface area contributed by atoms with E-state index in [1.54, 1.807) is 0 Å². The number of benzene rings is 1. The van der Waals surface area contributed by atoms with E-state index in [9.17, 15) is 0 Å². The van der Waals surface area contributed by atoms with Crippen LogP contribution in [0.3, 0.4) is 0 Å². The molecule has 1 heterocycles. The number of hydrogen-bond donors (Lipinski definition) is 2. The summed E-state index contributed by atoms with van der Waals surface area (Å²) in [6.07, 6.45) is 0.652. The van der Waals surface area contributed by atoms with Crippen LogP contribution in [-0.2, 0) is 6.42 Å². The summed E-state index contributed by atoms with van der Waals surface area (Å²) in [6.45, 7) is 1.85. The summed E-state index contributed by atoms with van der Waals surface area (Å²) in [4.78, 5) is 4.31. The van der Waals surface area contributed by atoms with Crippen molar-refractivity contribution < 1.29 is 0 Å². The number of aromatic amines is 1. The third-order valence-corrected chi connectivity index (χ3v) is 2.93. The highest BCUT2D eigenvalue weighted by Crippen LogP contribution is 2.21. The zero-order valence-corrected chi connectivity index (χ0v) is 11.6. The molecule has 1 unspecified atom stereocenters. The molecule has 0 bridgehead atoms. The van der Waals surface area contributed by atoms with Crippen molar-refractivity contribution in [3.8, 4) is 0 Å². The molecule has 17 heavy (non-hydrogen) atoms. The normalized spacial score (nSPS) is 12.7. The Balaban J connectivity index is 2.19. The topological polar surface area (TPSA) is 67.6 Å². The van der Waals surface area contributed by atoms with Crippen molar-refractivity contribution in [2.45, 2.75) is 19.4 Å². The number of rotatable bonds is 3. The van der Waals surface area contributed by atoms with Gasteiger partial charge >= 0.3 is 0 Å². The van der Waals surface area contributed by atoms with E-state index in [1.807, 2.05) is 25.1 Å². The predicted octanol–water partition coefficient (Wildman–Crippen LogP) is 2.83. The smallest absolute Gasteiger partial charge is 0.167 e. The number of nitrogens with two attached hydrogens (primary N) is 1. The quantitative estimate of drug-likeness (QED) is 0.915. The van der Waals surface area contributed by atoms with Crippen LogP contribution in [0.5, 0.6) is 0 Å². The van der Waals surface area contributed by atoms with Crippen molar-refractivity contribution in [2.75, 3.05) is 0 Å². The molecule has 0 aliphatic carbocycles. The standard InChI is InChI=1S/C11H12BrClN4/c1-6(14)11-15-10(16-17-11)4-7-2-8(12)5-9(13)3-7/h2-3,5-6H,4,14H2,1H3,(H,15,16,17). The van der Waals surface area contributed by atoms with Crippen molar-refractivity contribution in [2.24, 2.45) is 5.73 Å². The molecule has 1 atom stereocenters. The highest BCUT2D eigenvalue weighted by atomic mass is 79.9. The predicted molar refractivity (Wildman–Crippen MR) is 70.9 cm³/mol. The molecule has 0 spiro atoms. The van der Waals surface area contributed by atoms with Crippen LogP contribution in [-0.4, -0.2) is 15.2 Å². The van der Waals surface area contributed by atoms with Gasteiger partial charge in [-0.25, -0.2) is 4.98 Å². The number of nitrogens with zero attached hydrogens (tertiary/aromatic N) is 2. The number of aromatic nitrogens is 3. The molecular formula is C11H12BrClN4. The minimum atomic E-state index is -0.161. The lowest BCUT2D eigenvalue weighted by molar-refractivity contribution is 0.744.